The van der Waals surface area contributed by atoms with E-state index in [-0.39, 0.29) is 0 Å². The summed E-state index contributed by atoms with van der Waals surface area (Å²) >= 11 is 0. The molecule has 12 rings (SSSR count). The minimum atomic E-state index is -0.448. The van der Waals surface area contributed by atoms with E-state index in [1.807, 2.05) is 6.07 Å². The van der Waals surface area contributed by atoms with E-state index in [4.69, 9.17) is 4.74 Å². The molecule has 0 aromatic heterocycles. The highest BCUT2D eigenvalue weighted by Crippen LogP contribution is 2.65. The van der Waals surface area contributed by atoms with Gasteiger partial charge < -0.3 is 14.5 Å². The molecule has 0 fully saturated rings. The van der Waals surface area contributed by atoms with Crippen molar-refractivity contribution in [2.75, 3.05) is 9.80 Å². The molecule has 9 aromatic carbocycles. The van der Waals surface area contributed by atoms with Crippen molar-refractivity contribution in [3.8, 4) is 44.9 Å². The maximum absolute atomic E-state index is 6.80. The van der Waals surface area contributed by atoms with Gasteiger partial charge in [-0.15, -0.1) is 0 Å². The summed E-state index contributed by atoms with van der Waals surface area (Å²) in [4.78, 5) is 4.72. The molecule has 1 heterocycles. The Bertz CT molecular complexity index is 3000. The zero-order valence-corrected chi connectivity index (χ0v) is 31.6. The van der Waals surface area contributed by atoms with E-state index < -0.39 is 5.41 Å². The average molecular weight is 741 g/mol. The highest BCUT2D eigenvalue weighted by Gasteiger charge is 2.52. The van der Waals surface area contributed by atoms with Crippen molar-refractivity contribution in [3.05, 3.63) is 241 Å². The number of fused-ring (bicyclic) bond motifs is 12. The van der Waals surface area contributed by atoms with Gasteiger partial charge >= 0.3 is 0 Å². The molecule has 1 aliphatic heterocycles. The molecule has 58 heavy (non-hydrogen) atoms. The van der Waals surface area contributed by atoms with Crippen LogP contribution >= 0.6 is 0 Å². The quantitative estimate of drug-likeness (QED) is 0.175. The van der Waals surface area contributed by atoms with Crippen LogP contribution < -0.4 is 14.5 Å². The van der Waals surface area contributed by atoms with E-state index in [2.05, 4.69) is 222 Å². The van der Waals surface area contributed by atoms with Crippen molar-refractivity contribution >= 4 is 34.1 Å². The summed E-state index contributed by atoms with van der Waals surface area (Å²) in [5, 5.41) is 0. The molecular formula is C55H36N2O. The third-order valence-electron chi connectivity index (χ3n) is 12.3. The van der Waals surface area contributed by atoms with Gasteiger partial charge in [0.2, 0.25) is 0 Å². The van der Waals surface area contributed by atoms with Gasteiger partial charge in [0.25, 0.3) is 0 Å². The standard InChI is InChI=1S/C55H36N2O/c1-3-16-37(17-4-1)38-30-32-40(33-31-38)56(41-34-35-50-53(36-41)58-52-29-14-13-27-49(52)57(50)39-18-5-2-6-19-39)51-28-15-26-48-54(51)44-22-9-12-25-47(44)55(48)45-23-10-7-20-42(45)43-21-8-11-24-46(43)55/h1-36H. The van der Waals surface area contributed by atoms with Crippen LogP contribution in [0.2, 0.25) is 0 Å². The summed E-state index contributed by atoms with van der Waals surface area (Å²) in [5.74, 6) is 1.62. The molecule has 0 saturated carbocycles. The smallest absolute Gasteiger partial charge is 0.153 e. The molecule has 0 radical (unpaired) electrons. The van der Waals surface area contributed by atoms with Gasteiger partial charge in [-0.2, -0.15) is 0 Å². The number of nitrogens with zero attached hydrogens (tertiary/aromatic N) is 2. The molecule has 3 aliphatic rings. The van der Waals surface area contributed by atoms with Crippen LogP contribution in [0.4, 0.5) is 34.1 Å². The number of hydrogen-bond acceptors (Lipinski definition) is 3. The monoisotopic (exact) mass is 740 g/mol. The second kappa shape index (κ2) is 12.7. The minimum Gasteiger partial charge on any atom is -0.453 e. The van der Waals surface area contributed by atoms with Gasteiger partial charge in [-0.3, -0.25) is 0 Å². The number of hydrogen-bond donors (Lipinski definition) is 0. The predicted octanol–water partition coefficient (Wildman–Crippen LogP) is 14.7. The van der Waals surface area contributed by atoms with Crippen LogP contribution in [0.3, 0.4) is 0 Å². The van der Waals surface area contributed by atoms with E-state index >= 15 is 0 Å². The molecule has 0 unspecified atom stereocenters. The molecule has 0 atom stereocenters. The largest absolute Gasteiger partial charge is 0.453 e. The minimum absolute atomic E-state index is 0.448. The number of anilines is 6. The zero-order valence-electron chi connectivity index (χ0n) is 31.6. The summed E-state index contributed by atoms with van der Waals surface area (Å²) in [6, 6.07) is 79.0. The Labute approximate surface area is 338 Å². The van der Waals surface area contributed by atoms with Gasteiger partial charge in [0, 0.05) is 23.0 Å². The van der Waals surface area contributed by atoms with Crippen molar-refractivity contribution in [3.63, 3.8) is 0 Å². The number of benzene rings is 9. The molecule has 272 valence electrons. The second-order valence-electron chi connectivity index (χ2n) is 15.2. The lowest BCUT2D eigenvalue weighted by Gasteiger charge is -2.35. The molecule has 9 aromatic rings. The molecule has 0 amide bonds. The van der Waals surface area contributed by atoms with Crippen LogP contribution in [-0.2, 0) is 5.41 Å². The lowest BCUT2D eigenvalue weighted by molar-refractivity contribution is 0.477. The van der Waals surface area contributed by atoms with Crippen LogP contribution in [0, 0.1) is 0 Å². The molecule has 0 N–H and O–H groups in total. The fraction of sp³-hybridized carbons (Fsp3) is 0.0182. The molecule has 0 bridgehead atoms. The van der Waals surface area contributed by atoms with Crippen molar-refractivity contribution in [1.29, 1.82) is 0 Å². The van der Waals surface area contributed by atoms with Gasteiger partial charge in [0.1, 0.15) is 0 Å². The first-order valence-corrected chi connectivity index (χ1v) is 19.9. The van der Waals surface area contributed by atoms with E-state index in [1.165, 1.54) is 55.6 Å². The SMILES string of the molecule is c1ccc(-c2ccc(N(c3ccc4c(c3)Oc3ccccc3N4c3ccccc3)c3cccc4c3-c3ccccc3C43c4ccccc4-c4ccccc43)cc2)cc1. The molecule has 0 saturated heterocycles. The highest BCUT2D eigenvalue weighted by atomic mass is 16.5. The summed E-state index contributed by atoms with van der Waals surface area (Å²) in [6.45, 7) is 0. The number of para-hydroxylation sites is 3. The third-order valence-corrected chi connectivity index (χ3v) is 12.3. The van der Waals surface area contributed by atoms with Crippen molar-refractivity contribution in [1.82, 2.24) is 0 Å². The Kier molecular flexibility index (Phi) is 7.14. The first-order chi connectivity index (χ1) is 28.8. The molecule has 3 nitrogen and oxygen atoms in total. The molecule has 1 spiro atoms. The molecular weight excluding hydrogens is 705 g/mol. The van der Waals surface area contributed by atoms with Crippen molar-refractivity contribution in [2.45, 2.75) is 5.41 Å². The average Bonchev–Trinajstić information content (AvgIpc) is 3.77. The number of ether oxygens (including phenoxy) is 1. The van der Waals surface area contributed by atoms with E-state index in [9.17, 15) is 0 Å². The summed E-state index contributed by atoms with van der Waals surface area (Å²) in [6.07, 6.45) is 0. The Morgan fingerprint density at radius 2 is 0.914 bits per heavy atom. The topological polar surface area (TPSA) is 15.7 Å². The Hall–Kier alpha value is -7.62. The Morgan fingerprint density at radius 3 is 1.64 bits per heavy atom. The van der Waals surface area contributed by atoms with Gasteiger partial charge in [-0.25, -0.2) is 0 Å². The summed E-state index contributed by atoms with van der Waals surface area (Å²) < 4.78 is 6.80. The first kappa shape index (κ1) is 32.6. The summed E-state index contributed by atoms with van der Waals surface area (Å²) in [5.41, 5.74) is 18.6. The van der Waals surface area contributed by atoms with Gasteiger partial charge in [-0.1, -0.05) is 158 Å². The van der Waals surface area contributed by atoms with Crippen LogP contribution in [-0.4, -0.2) is 0 Å². The van der Waals surface area contributed by atoms with E-state index in [0.717, 1.165) is 45.6 Å². The highest BCUT2D eigenvalue weighted by molar-refractivity contribution is 6.01. The van der Waals surface area contributed by atoms with Crippen LogP contribution in [0.1, 0.15) is 22.3 Å². The fourth-order valence-corrected chi connectivity index (χ4v) is 9.91. The molecule has 3 heteroatoms. The fourth-order valence-electron chi connectivity index (χ4n) is 9.91. The molecule has 2 aliphatic carbocycles. The van der Waals surface area contributed by atoms with Crippen LogP contribution in [0.25, 0.3) is 33.4 Å². The van der Waals surface area contributed by atoms with Gasteiger partial charge in [0.15, 0.2) is 11.5 Å². The van der Waals surface area contributed by atoms with Gasteiger partial charge in [-0.05, 0) is 105 Å². The third kappa shape index (κ3) is 4.62. The maximum atomic E-state index is 6.80. The number of rotatable bonds is 5. The lowest BCUT2D eigenvalue weighted by atomic mass is 9.70. The zero-order chi connectivity index (χ0) is 38.2. The first-order valence-electron chi connectivity index (χ1n) is 19.9. The maximum Gasteiger partial charge on any atom is 0.153 e. The predicted molar refractivity (Wildman–Crippen MR) is 238 cm³/mol. The van der Waals surface area contributed by atoms with Crippen molar-refractivity contribution < 1.29 is 4.74 Å². The van der Waals surface area contributed by atoms with Crippen LogP contribution in [0.15, 0.2) is 218 Å². The lowest BCUT2D eigenvalue weighted by Crippen LogP contribution is -2.26. The van der Waals surface area contributed by atoms with Gasteiger partial charge in [0.05, 0.1) is 28.2 Å². The van der Waals surface area contributed by atoms with Crippen molar-refractivity contribution in [2.24, 2.45) is 0 Å². The Balaban J connectivity index is 1.10. The summed E-state index contributed by atoms with van der Waals surface area (Å²) in [7, 11) is 0. The second-order valence-corrected chi connectivity index (χ2v) is 15.2. The van der Waals surface area contributed by atoms with Crippen LogP contribution in [0.5, 0.6) is 11.5 Å². The Morgan fingerprint density at radius 1 is 0.379 bits per heavy atom. The van der Waals surface area contributed by atoms with E-state index in [1.54, 1.807) is 0 Å². The normalized spacial score (nSPS) is 13.4. The van der Waals surface area contributed by atoms with E-state index in [0.29, 0.717) is 0 Å².